The summed E-state index contributed by atoms with van der Waals surface area (Å²) in [5, 5.41) is 3.20. The monoisotopic (exact) mass is 1770 g/mol. The standard InChI is InChI=1S/C99H109N3O23P2/c1-105-96-94(115-66-83-52-30-11-31-53-83)90(69-107-58-75-36-14-3-15-37-75)122-98(96)116-71-86(109-60-77-40-18-5-19-41-77)92(113-64-81-48-26-9-27-49-81)88(111-62-79-44-22-7-23-45-79)73-120-126(103,118-67-84-54-32-12-33-55-84)124-95-91(70-108-59-76-38-16-4-17-39-76)123-99(97(95)106-2)117-72-87(110-61-78-42-20-6-21-43-78)93(114-65-82-50-28-10-29-51-82)89(112-63-80-46-24-8-25-47-80)74-121-127(104,125-102-101-100)119-68-85-56-34-13-35-57-85/h3-57,86-99H,58-74H2,1-2H3/t86?,87?,88?,89?,90-,91-,92?,93?,94?,95?,96?,97?,98-,99-,126?,127?/m1/s1. The normalized spacial score (nSPS) is 19.8. The van der Waals surface area contributed by atoms with E-state index in [4.69, 9.17) is 98.3 Å². The zero-order valence-corrected chi connectivity index (χ0v) is 72.8. The van der Waals surface area contributed by atoms with Crippen LogP contribution in [0.3, 0.4) is 0 Å². The van der Waals surface area contributed by atoms with E-state index in [1.807, 2.05) is 309 Å². The minimum absolute atomic E-state index is 0.00391. The first kappa shape index (κ1) is 94.8. The van der Waals surface area contributed by atoms with E-state index in [0.29, 0.717) is 17.7 Å². The Bertz CT molecular complexity index is 5000. The molecule has 16 atom stereocenters. The molecular formula is C99H109N3O23P2. The molecule has 2 fully saturated rings. The summed E-state index contributed by atoms with van der Waals surface area (Å²) in [6.45, 7) is -1.42. The van der Waals surface area contributed by atoms with Gasteiger partial charge in [0, 0.05) is 19.1 Å². The molecule has 2 saturated heterocycles. The van der Waals surface area contributed by atoms with Gasteiger partial charge in [0.05, 0.1) is 112 Å². The van der Waals surface area contributed by atoms with Crippen molar-refractivity contribution < 1.29 is 107 Å². The van der Waals surface area contributed by atoms with Crippen molar-refractivity contribution in [2.75, 3.05) is 53.9 Å². The second-order valence-corrected chi connectivity index (χ2v) is 33.3. The van der Waals surface area contributed by atoms with E-state index in [-0.39, 0.29) is 92.5 Å². The van der Waals surface area contributed by atoms with Crippen LogP contribution in [0, 0.1) is 0 Å². The number of rotatable bonds is 57. The molecule has 12 unspecified atom stereocenters. The van der Waals surface area contributed by atoms with Crippen LogP contribution in [0.15, 0.2) is 339 Å². The van der Waals surface area contributed by atoms with E-state index >= 15 is 4.57 Å². The molecule has 668 valence electrons. The van der Waals surface area contributed by atoms with E-state index in [1.165, 1.54) is 7.11 Å². The Labute approximate surface area is 742 Å². The zero-order valence-electron chi connectivity index (χ0n) is 71.0. The van der Waals surface area contributed by atoms with E-state index in [1.54, 1.807) is 31.4 Å². The lowest BCUT2D eigenvalue weighted by Crippen LogP contribution is -2.48. The molecule has 11 aromatic carbocycles. The Balaban J connectivity index is 0.842. The third kappa shape index (κ3) is 31.0. The Morgan fingerprint density at radius 3 is 0.874 bits per heavy atom. The molecule has 28 heteroatoms. The van der Waals surface area contributed by atoms with Gasteiger partial charge in [0.2, 0.25) is 0 Å². The number of nitrogens with zero attached hydrogens (tertiary/aromatic N) is 3. The van der Waals surface area contributed by atoms with Crippen LogP contribution in [-0.2, 0) is 180 Å². The van der Waals surface area contributed by atoms with Gasteiger partial charge >= 0.3 is 15.6 Å². The minimum atomic E-state index is -5.04. The average Bonchev–Trinajstić information content (AvgIpc) is 1.65. The third-order valence-electron chi connectivity index (χ3n) is 20.9. The van der Waals surface area contributed by atoms with Gasteiger partial charge in [0.15, 0.2) is 12.6 Å². The Kier molecular flexibility index (Phi) is 38.8. The molecule has 0 amide bonds. The topological polar surface area (TPSA) is 277 Å². The summed E-state index contributed by atoms with van der Waals surface area (Å²) in [5.41, 5.74) is 18.3. The lowest BCUT2D eigenvalue weighted by molar-refractivity contribution is -0.219. The number of benzene rings is 11. The molecule has 13 rings (SSSR count). The van der Waals surface area contributed by atoms with Crippen LogP contribution in [-0.4, -0.2) is 140 Å². The van der Waals surface area contributed by atoms with Crippen LogP contribution in [0.25, 0.3) is 10.4 Å². The van der Waals surface area contributed by atoms with Gasteiger partial charge in [-0.05, 0) is 66.7 Å². The molecule has 2 aliphatic rings. The summed E-state index contributed by atoms with van der Waals surface area (Å²) in [7, 11) is -6.76. The van der Waals surface area contributed by atoms with Gasteiger partial charge < -0.3 is 75.7 Å². The van der Waals surface area contributed by atoms with Crippen molar-refractivity contribution in [3.63, 3.8) is 0 Å². The number of methoxy groups -OCH3 is 2. The lowest BCUT2D eigenvalue weighted by atomic mass is 10.1. The Hall–Kier alpha value is -9.81. The van der Waals surface area contributed by atoms with Crippen LogP contribution < -0.4 is 0 Å². The maximum absolute atomic E-state index is 16.9. The van der Waals surface area contributed by atoms with Gasteiger partial charge in [0.25, 0.3) is 0 Å². The molecule has 2 aliphatic heterocycles. The number of azide groups is 1. The largest absolute Gasteiger partial charge is 0.536 e. The van der Waals surface area contributed by atoms with Gasteiger partial charge in [0.1, 0.15) is 78.5 Å². The number of hydrogen-bond acceptors (Lipinski definition) is 24. The first-order chi connectivity index (χ1) is 62.5. The molecule has 0 radical (unpaired) electrons. The molecule has 0 spiro atoms. The second-order valence-electron chi connectivity index (χ2n) is 30.1. The number of phosphoric ester groups is 2. The summed E-state index contributed by atoms with van der Waals surface area (Å²) in [6, 6.07) is 105. The number of hydrogen-bond donors (Lipinski definition) is 0. The summed E-state index contributed by atoms with van der Waals surface area (Å²) in [6.07, 6.45) is -15.2. The van der Waals surface area contributed by atoms with E-state index in [0.717, 1.165) is 50.1 Å². The van der Waals surface area contributed by atoms with Crippen LogP contribution in [0.4, 0.5) is 0 Å². The highest BCUT2D eigenvalue weighted by molar-refractivity contribution is 7.48. The molecule has 0 aliphatic carbocycles. The van der Waals surface area contributed by atoms with Crippen molar-refractivity contribution in [1.29, 1.82) is 0 Å². The SMILES string of the molecule is COC1C(OCc2ccccc2)[C@@H](COCc2ccccc2)O[C@H]1OCC(OCc1ccccc1)C(OCc1ccccc1)C(COP(=O)(OCc1ccccc1)OC1C(OC)[C@H](OCC(OCc2ccccc2)C(OCc2ccccc2)C(COP(=O)(OCc2ccccc2)ON=[N+]=[N-])OCc2ccccc2)O[C@@H]1COCc1ccccc1)OCc1ccccc1. The lowest BCUT2D eigenvalue weighted by Gasteiger charge is -2.35. The Morgan fingerprint density at radius 2 is 0.559 bits per heavy atom. The fourth-order valence-electron chi connectivity index (χ4n) is 14.3. The van der Waals surface area contributed by atoms with Crippen molar-refractivity contribution in [1.82, 2.24) is 0 Å². The molecule has 127 heavy (non-hydrogen) atoms. The molecule has 0 aromatic heterocycles. The van der Waals surface area contributed by atoms with Crippen molar-refractivity contribution in [3.05, 3.63) is 405 Å². The first-order valence-corrected chi connectivity index (χ1v) is 45.1. The van der Waals surface area contributed by atoms with Crippen LogP contribution >= 0.6 is 15.6 Å². The predicted molar refractivity (Wildman–Crippen MR) is 473 cm³/mol. The molecule has 2 heterocycles. The minimum Gasteiger partial charge on any atom is -0.374 e. The summed E-state index contributed by atoms with van der Waals surface area (Å²) in [4.78, 5) is 2.71. The highest BCUT2D eigenvalue weighted by Crippen LogP contribution is 2.55. The maximum atomic E-state index is 16.9. The van der Waals surface area contributed by atoms with Gasteiger partial charge in [-0.15, -0.1) is 0 Å². The van der Waals surface area contributed by atoms with Crippen LogP contribution in [0.5, 0.6) is 0 Å². The van der Waals surface area contributed by atoms with Crippen molar-refractivity contribution in [2.45, 2.75) is 159 Å². The fourth-order valence-corrected chi connectivity index (χ4v) is 16.6. The van der Waals surface area contributed by atoms with Crippen molar-refractivity contribution in [3.8, 4) is 0 Å². The number of phosphoric acid groups is 2. The molecule has 26 nitrogen and oxygen atoms in total. The fraction of sp³-hybridized carbons (Fsp3) is 0.333. The molecular weight excluding hydrogens is 1660 g/mol. The average molecular weight is 1770 g/mol. The summed E-state index contributed by atoms with van der Waals surface area (Å²) in [5.74, 6) is 0. The molecule has 0 N–H and O–H groups in total. The van der Waals surface area contributed by atoms with E-state index < -0.39 is 115 Å². The predicted octanol–water partition coefficient (Wildman–Crippen LogP) is 19.3. The van der Waals surface area contributed by atoms with Gasteiger partial charge in [-0.1, -0.05) is 334 Å². The van der Waals surface area contributed by atoms with Crippen LogP contribution in [0.2, 0.25) is 0 Å². The maximum Gasteiger partial charge on any atom is 0.536 e. The van der Waals surface area contributed by atoms with Gasteiger partial charge in [-0.2, -0.15) is 0 Å². The van der Waals surface area contributed by atoms with Crippen molar-refractivity contribution >= 4 is 15.6 Å². The highest BCUT2D eigenvalue weighted by Gasteiger charge is 2.53. The number of ether oxygens (including phenoxy) is 15. The summed E-state index contributed by atoms with van der Waals surface area (Å²) >= 11 is 0. The second kappa shape index (κ2) is 52.0. The third-order valence-corrected chi connectivity index (χ3v) is 23.5. The van der Waals surface area contributed by atoms with E-state index in [2.05, 4.69) is 10.2 Å². The first-order valence-electron chi connectivity index (χ1n) is 42.2. The smallest absolute Gasteiger partial charge is 0.374 e. The van der Waals surface area contributed by atoms with Crippen LogP contribution in [0.1, 0.15) is 61.2 Å². The zero-order chi connectivity index (χ0) is 87.6. The van der Waals surface area contributed by atoms with E-state index in [9.17, 15) is 10.1 Å². The van der Waals surface area contributed by atoms with Crippen molar-refractivity contribution in [2.24, 2.45) is 5.28 Å². The molecule has 11 aromatic rings. The Morgan fingerprint density at radius 1 is 0.299 bits per heavy atom. The molecule has 0 bridgehead atoms. The quantitative estimate of drug-likeness (QED) is 0.0113. The summed E-state index contributed by atoms with van der Waals surface area (Å²) < 4.78 is 172. The van der Waals surface area contributed by atoms with Gasteiger partial charge in [-0.25, -0.2) is 9.13 Å². The highest BCUT2D eigenvalue weighted by atomic mass is 31.2. The molecule has 0 saturated carbocycles. The van der Waals surface area contributed by atoms with Gasteiger partial charge in [-0.3, -0.25) is 22.6 Å².